The number of anilines is 1. The van der Waals surface area contributed by atoms with E-state index in [1.807, 2.05) is 18.5 Å². The van der Waals surface area contributed by atoms with Crippen molar-refractivity contribution in [3.8, 4) is 0 Å². The molecule has 18 heavy (non-hydrogen) atoms. The van der Waals surface area contributed by atoms with Crippen LogP contribution in [0.1, 0.15) is 23.1 Å². The van der Waals surface area contributed by atoms with Gasteiger partial charge in [0.25, 0.3) is 5.91 Å². The van der Waals surface area contributed by atoms with Crippen molar-refractivity contribution >= 4 is 34.2 Å². The number of nitrogens with zero attached hydrogens (tertiary/aromatic N) is 4. The van der Waals surface area contributed by atoms with Crippen molar-refractivity contribution < 1.29 is 4.79 Å². The van der Waals surface area contributed by atoms with Crippen LogP contribution in [-0.4, -0.2) is 25.5 Å². The van der Waals surface area contributed by atoms with Crippen molar-refractivity contribution in [3.63, 3.8) is 0 Å². The van der Waals surface area contributed by atoms with Crippen molar-refractivity contribution in [3.05, 3.63) is 27.4 Å². The average molecular weight is 359 g/mol. The fourth-order valence-corrected chi connectivity index (χ4v) is 2.44. The SMILES string of the molecule is CCn1ncc(NC(=O)c2nn(C)cc2I)c1C. The van der Waals surface area contributed by atoms with Crippen LogP contribution in [0, 0.1) is 10.5 Å². The van der Waals surface area contributed by atoms with Crippen LogP contribution < -0.4 is 5.32 Å². The topological polar surface area (TPSA) is 64.7 Å². The molecule has 0 bridgehead atoms. The number of hydrogen-bond acceptors (Lipinski definition) is 3. The second-order valence-electron chi connectivity index (χ2n) is 3.91. The van der Waals surface area contributed by atoms with Gasteiger partial charge in [0.05, 0.1) is 21.1 Å². The van der Waals surface area contributed by atoms with Crippen LogP contribution in [0.25, 0.3) is 0 Å². The Bertz CT molecular complexity index is 586. The molecule has 0 spiro atoms. The fourth-order valence-electron chi connectivity index (χ4n) is 1.68. The van der Waals surface area contributed by atoms with Gasteiger partial charge in [-0.25, -0.2) is 0 Å². The molecule has 0 unspecified atom stereocenters. The van der Waals surface area contributed by atoms with Crippen LogP contribution >= 0.6 is 22.6 Å². The Kier molecular flexibility index (Phi) is 3.69. The minimum Gasteiger partial charge on any atom is -0.318 e. The van der Waals surface area contributed by atoms with Gasteiger partial charge in [-0.05, 0) is 36.4 Å². The molecular weight excluding hydrogens is 345 g/mol. The zero-order valence-corrected chi connectivity index (χ0v) is 12.6. The smallest absolute Gasteiger partial charge is 0.277 e. The van der Waals surface area contributed by atoms with Gasteiger partial charge in [0.2, 0.25) is 0 Å². The molecule has 0 aliphatic carbocycles. The molecule has 0 atom stereocenters. The van der Waals surface area contributed by atoms with Crippen molar-refractivity contribution in [1.29, 1.82) is 0 Å². The summed E-state index contributed by atoms with van der Waals surface area (Å²) in [5, 5.41) is 11.1. The van der Waals surface area contributed by atoms with Crippen molar-refractivity contribution in [1.82, 2.24) is 19.6 Å². The second kappa shape index (κ2) is 5.09. The first kappa shape index (κ1) is 13.1. The number of carbonyl (C=O) groups is 1. The Morgan fingerprint density at radius 2 is 2.28 bits per heavy atom. The highest BCUT2D eigenvalue weighted by Crippen LogP contribution is 2.16. The third kappa shape index (κ3) is 2.40. The minimum absolute atomic E-state index is 0.209. The van der Waals surface area contributed by atoms with E-state index in [1.165, 1.54) is 0 Å². The van der Waals surface area contributed by atoms with E-state index < -0.39 is 0 Å². The highest BCUT2D eigenvalue weighted by Gasteiger charge is 2.16. The first-order valence-corrected chi connectivity index (χ1v) is 6.63. The lowest BCUT2D eigenvalue weighted by molar-refractivity contribution is 0.102. The number of rotatable bonds is 3. The van der Waals surface area contributed by atoms with Crippen LogP contribution in [0.4, 0.5) is 5.69 Å². The number of aromatic nitrogens is 4. The molecule has 0 saturated carbocycles. The van der Waals surface area contributed by atoms with E-state index in [1.54, 1.807) is 24.1 Å². The lowest BCUT2D eigenvalue weighted by atomic mass is 10.3. The first-order chi connectivity index (χ1) is 8.52. The van der Waals surface area contributed by atoms with Gasteiger partial charge in [0.15, 0.2) is 5.69 Å². The number of aryl methyl sites for hydroxylation is 2. The van der Waals surface area contributed by atoms with Gasteiger partial charge in [-0.15, -0.1) is 0 Å². The van der Waals surface area contributed by atoms with Crippen LogP contribution in [0.3, 0.4) is 0 Å². The molecule has 1 amide bonds. The van der Waals surface area contributed by atoms with Crippen molar-refractivity contribution in [2.75, 3.05) is 5.32 Å². The Morgan fingerprint density at radius 3 is 2.78 bits per heavy atom. The van der Waals surface area contributed by atoms with Gasteiger partial charge < -0.3 is 5.32 Å². The van der Waals surface area contributed by atoms with Crippen LogP contribution in [0.5, 0.6) is 0 Å². The summed E-state index contributed by atoms with van der Waals surface area (Å²) < 4.78 is 4.28. The molecule has 7 heteroatoms. The minimum atomic E-state index is -0.209. The number of amides is 1. The van der Waals surface area contributed by atoms with Crippen LogP contribution in [0.2, 0.25) is 0 Å². The van der Waals surface area contributed by atoms with E-state index >= 15 is 0 Å². The molecule has 2 rings (SSSR count). The maximum Gasteiger partial charge on any atom is 0.277 e. The molecule has 0 saturated heterocycles. The molecule has 2 aromatic heterocycles. The summed E-state index contributed by atoms with van der Waals surface area (Å²) in [7, 11) is 1.79. The number of halogens is 1. The third-order valence-corrected chi connectivity index (χ3v) is 3.44. The summed E-state index contributed by atoms with van der Waals surface area (Å²) in [6.07, 6.45) is 3.46. The van der Waals surface area contributed by atoms with Crippen LogP contribution in [0.15, 0.2) is 12.4 Å². The number of hydrogen-bond donors (Lipinski definition) is 1. The van der Waals surface area contributed by atoms with E-state index in [-0.39, 0.29) is 5.91 Å². The molecule has 0 fully saturated rings. The summed E-state index contributed by atoms with van der Waals surface area (Å²) in [6.45, 7) is 4.71. The lowest BCUT2D eigenvalue weighted by Gasteiger charge is -2.03. The normalized spacial score (nSPS) is 10.7. The molecule has 0 aromatic carbocycles. The average Bonchev–Trinajstić information content (AvgIpc) is 2.83. The summed E-state index contributed by atoms with van der Waals surface area (Å²) >= 11 is 2.10. The Morgan fingerprint density at radius 1 is 1.56 bits per heavy atom. The summed E-state index contributed by atoms with van der Waals surface area (Å²) in [5.74, 6) is -0.209. The predicted molar refractivity (Wildman–Crippen MR) is 76.5 cm³/mol. The molecule has 1 N–H and O–H groups in total. The Labute approximate surface area is 119 Å². The molecule has 6 nitrogen and oxygen atoms in total. The standard InChI is InChI=1S/C11H14IN5O/c1-4-17-7(2)9(5-13-17)14-11(18)10-8(12)6-16(3)15-10/h5-6H,4H2,1-3H3,(H,14,18). The van der Waals surface area contributed by atoms with Gasteiger partial charge in [-0.2, -0.15) is 10.2 Å². The van der Waals surface area contributed by atoms with E-state index in [2.05, 4.69) is 38.1 Å². The highest BCUT2D eigenvalue weighted by molar-refractivity contribution is 14.1. The van der Waals surface area contributed by atoms with E-state index in [0.717, 1.165) is 21.5 Å². The molecule has 0 aliphatic rings. The maximum atomic E-state index is 12.1. The second-order valence-corrected chi connectivity index (χ2v) is 5.08. The molecule has 0 radical (unpaired) electrons. The van der Waals surface area contributed by atoms with Gasteiger partial charge in [-0.3, -0.25) is 14.2 Å². The molecule has 0 aliphatic heterocycles. The summed E-state index contributed by atoms with van der Waals surface area (Å²) in [4.78, 5) is 12.1. The maximum absolute atomic E-state index is 12.1. The quantitative estimate of drug-likeness (QED) is 0.851. The predicted octanol–water partition coefficient (Wildman–Crippen LogP) is 1.80. The first-order valence-electron chi connectivity index (χ1n) is 5.55. The van der Waals surface area contributed by atoms with Gasteiger partial charge in [0, 0.05) is 19.8 Å². The highest BCUT2D eigenvalue weighted by atomic mass is 127. The summed E-state index contributed by atoms with van der Waals surface area (Å²) in [5.41, 5.74) is 2.10. The van der Waals surface area contributed by atoms with Crippen molar-refractivity contribution in [2.24, 2.45) is 7.05 Å². The molecule has 2 heterocycles. The largest absolute Gasteiger partial charge is 0.318 e. The summed E-state index contributed by atoms with van der Waals surface area (Å²) in [6, 6.07) is 0. The van der Waals surface area contributed by atoms with E-state index in [9.17, 15) is 4.79 Å². The van der Waals surface area contributed by atoms with E-state index in [0.29, 0.717) is 5.69 Å². The van der Waals surface area contributed by atoms with Gasteiger partial charge in [-0.1, -0.05) is 0 Å². The lowest BCUT2D eigenvalue weighted by Crippen LogP contribution is -2.14. The third-order valence-electron chi connectivity index (χ3n) is 2.65. The fraction of sp³-hybridized carbons (Fsp3) is 0.364. The zero-order chi connectivity index (χ0) is 13.3. The van der Waals surface area contributed by atoms with Gasteiger partial charge >= 0.3 is 0 Å². The van der Waals surface area contributed by atoms with Crippen molar-refractivity contribution in [2.45, 2.75) is 20.4 Å². The Hall–Kier alpha value is -1.38. The Balaban J connectivity index is 2.21. The molecule has 96 valence electrons. The van der Waals surface area contributed by atoms with Gasteiger partial charge in [0.1, 0.15) is 0 Å². The zero-order valence-electron chi connectivity index (χ0n) is 10.4. The molecular formula is C11H14IN5O. The van der Waals surface area contributed by atoms with E-state index in [4.69, 9.17) is 0 Å². The number of carbonyl (C=O) groups excluding carboxylic acids is 1. The number of nitrogens with one attached hydrogen (secondary N) is 1. The monoisotopic (exact) mass is 359 g/mol. The van der Waals surface area contributed by atoms with Crippen LogP contribution in [-0.2, 0) is 13.6 Å². The molecule has 2 aromatic rings.